The topological polar surface area (TPSA) is 25.8 Å². The van der Waals surface area contributed by atoms with Crippen LogP contribution in [0.15, 0.2) is 36.4 Å². The number of hydrogen-bond donors (Lipinski definition) is 0. The van der Waals surface area contributed by atoms with Crippen LogP contribution in [-0.2, 0) is 0 Å². The highest BCUT2D eigenvalue weighted by Crippen LogP contribution is 2.29. The van der Waals surface area contributed by atoms with E-state index in [4.69, 9.17) is 11.6 Å². The molecule has 2 nitrogen and oxygen atoms in total. The number of halogens is 3. The van der Waals surface area contributed by atoms with Gasteiger partial charge in [0.25, 0.3) is 0 Å². The Hall–Kier alpha value is -2.07. The third-order valence-corrected chi connectivity index (χ3v) is 3.35. The molecule has 0 fully saturated rings. The average molecular weight is 291 g/mol. The van der Waals surface area contributed by atoms with E-state index >= 15 is 0 Å². The third kappa shape index (κ3) is 2.02. The largest absolute Gasteiger partial charge is 0.227 e. The van der Waals surface area contributed by atoms with Gasteiger partial charge in [-0.3, -0.25) is 0 Å². The second-order valence-electron chi connectivity index (χ2n) is 4.41. The van der Waals surface area contributed by atoms with Crippen molar-refractivity contribution in [2.45, 2.75) is 6.92 Å². The summed E-state index contributed by atoms with van der Waals surface area (Å²) < 4.78 is 27.6. The molecule has 0 radical (unpaired) electrons. The van der Waals surface area contributed by atoms with Gasteiger partial charge in [0, 0.05) is 0 Å². The Morgan fingerprint density at radius 1 is 0.950 bits per heavy atom. The lowest BCUT2D eigenvalue weighted by atomic mass is 10.1. The van der Waals surface area contributed by atoms with Gasteiger partial charge in [0.2, 0.25) is 0 Å². The zero-order chi connectivity index (χ0) is 14.3. The molecule has 2 aromatic carbocycles. The second-order valence-corrected chi connectivity index (χ2v) is 4.76. The summed E-state index contributed by atoms with van der Waals surface area (Å²) in [7, 11) is 0. The summed E-state index contributed by atoms with van der Waals surface area (Å²) >= 11 is 6.03. The molecule has 100 valence electrons. The van der Waals surface area contributed by atoms with E-state index in [2.05, 4.69) is 9.97 Å². The summed E-state index contributed by atoms with van der Waals surface area (Å²) in [6.45, 7) is 1.79. The molecule has 0 atom stereocenters. The summed E-state index contributed by atoms with van der Waals surface area (Å²) in [5.41, 5.74) is 1.38. The molecule has 1 aromatic heterocycles. The molecule has 3 aromatic rings. The molecule has 0 aliphatic carbocycles. The van der Waals surface area contributed by atoms with E-state index in [0.29, 0.717) is 5.52 Å². The van der Waals surface area contributed by atoms with E-state index in [1.165, 1.54) is 12.1 Å². The van der Waals surface area contributed by atoms with Crippen molar-refractivity contribution in [3.05, 3.63) is 58.7 Å². The Kier molecular flexibility index (Phi) is 3.10. The first-order chi connectivity index (χ1) is 9.58. The Morgan fingerprint density at radius 2 is 1.70 bits per heavy atom. The van der Waals surface area contributed by atoms with E-state index in [-0.39, 0.29) is 21.9 Å². The van der Waals surface area contributed by atoms with Crippen molar-refractivity contribution in [3.63, 3.8) is 0 Å². The van der Waals surface area contributed by atoms with Crippen molar-refractivity contribution >= 4 is 22.5 Å². The van der Waals surface area contributed by atoms with Crippen LogP contribution in [0.25, 0.3) is 22.3 Å². The average Bonchev–Trinajstić information content (AvgIpc) is 2.43. The van der Waals surface area contributed by atoms with Gasteiger partial charge in [-0.15, -0.1) is 0 Å². The van der Waals surface area contributed by atoms with Crippen molar-refractivity contribution in [1.29, 1.82) is 0 Å². The summed E-state index contributed by atoms with van der Waals surface area (Å²) in [5.74, 6) is -0.790. The predicted octanol–water partition coefficient (Wildman–Crippen LogP) is 4.54. The van der Waals surface area contributed by atoms with Crippen LogP contribution in [0.4, 0.5) is 8.78 Å². The fraction of sp³-hybridized carbons (Fsp3) is 0.0667. The number of hydrogen-bond acceptors (Lipinski definition) is 2. The lowest BCUT2D eigenvalue weighted by Crippen LogP contribution is -1.97. The molecule has 0 aliphatic rings. The quantitative estimate of drug-likeness (QED) is 0.615. The number of benzene rings is 2. The SMILES string of the molecule is Cc1ccc(F)c2c(Cl)nc(-c3ccccc3F)nc12. The molecule has 3 rings (SSSR count). The second kappa shape index (κ2) is 4.80. The smallest absolute Gasteiger partial charge is 0.164 e. The van der Waals surface area contributed by atoms with Crippen molar-refractivity contribution in [1.82, 2.24) is 9.97 Å². The molecule has 0 saturated heterocycles. The number of nitrogens with zero attached hydrogens (tertiary/aromatic N) is 2. The van der Waals surface area contributed by atoms with Crippen molar-refractivity contribution in [3.8, 4) is 11.4 Å². The number of aryl methyl sites for hydroxylation is 1. The lowest BCUT2D eigenvalue weighted by molar-refractivity contribution is 0.630. The fourth-order valence-corrected chi connectivity index (χ4v) is 2.31. The van der Waals surface area contributed by atoms with Gasteiger partial charge in [-0.25, -0.2) is 18.7 Å². The monoisotopic (exact) mass is 290 g/mol. The van der Waals surface area contributed by atoms with Crippen LogP contribution in [0.1, 0.15) is 5.56 Å². The lowest BCUT2D eigenvalue weighted by Gasteiger charge is -2.08. The maximum absolute atomic E-state index is 13.8. The molecule has 0 N–H and O–H groups in total. The van der Waals surface area contributed by atoms with Gasteiger partial charge in [0.05, 0.1) is 16.5 Å². The van der Waals surface area contributed by atoms with Crippen LogP contribution in [0.3, 0.4) is 0 Å². The Balaban J connectivity index is 2.36. The van der Waals surface area contributed by atoms with Crippen LogP contribution in [0.2, 0.25) is 5.15 Å². The molecule has 0 amide bonds. The van der Waals surface area contributed by atoms with Crippen LogP contribution in [-0.4, -0.2) is 9.97 Å². The Morgan fingerprint density at radius 3 is 2.45 bits per heavy atom. The molecule has 1 heterocycles. The van der Waals surface area contributed by atoms with Gasteiger partial charge in [0.15, 0.2) is 5.82 Å². The van der Waals surface area contributed by atoms with Crippen LogP contribution >= 0.6 is 11.6 Å². The normalized spacial score (nSPS) is 11.0. The van der Waals surface area contributed by atoms with Crippen LogP contribution < -0.4 is 0 Å². The highest BCUT2D eigenvalue weighted by Gasteiger charge is 2.15. The zero-order valence-electron chi connectivity index (χ0n) is 10.5. The van der Waals surface area contributed by atoms with Crippen molar-refractivity contribution < 1.29 is 8.78 Å². The molecule has 5 heteroatoms. The van der Waals surface area contributed by atoms with Gasteiger partial charge in [-0.1, -0.05) is 29.8 Å². The highest BCUT2D eigenvalue weighted by molar-refractivity contribution is 6.34. The first-order valence-electron chi connectivity index (χ1n) is 5.95. The molecule has 0 unspecified atom stereocenters. The fourth-order valence-electron chi connectivity index (χ4n) is 2.05. The maximum Gasteiger partial charge on any atom is 0.164 e. The molecular weight excluding hydrogens is 282 g/mol. The van der Waals surface area contributed by atoms with Crippen molar-refractivity contribution in [2.75, 3.05) is 0 Å². The van der Waals surface area contributed by atoms with Crippen molar-refractivity contribution in [2.24, 2.45) is 0 Å². The number of rotatable bonds is 1. The Labute approximate surface area is 119 Å². The summed E-state index contributed by atoms with van der Waals surface area (Å²) in [5, 5.41) is 0.140. The summed E-state index contributed by atoms with van der Waals surface area (Å²) in [6.07, 6.45) is 0. The zero-order valence-corrected chi connectivity index (χ0v) is 11.2. The Bertz CT molecular complexity index is 818. The van der Waals surface area contributed by atoms with E-state index in [9.17, 15) is 8.78 Å². The van der Waals surface area contributed by atoms with Gasteiger partial charge >= 0.3 is 0 Å². The first-order valence-corrected chi connectivity index (χ1v) is 6.33. The highest BCUT2D eigenvalue weighted by atomic mass is 35.5. The third-order valence-electron chi connectivity index (χ3n) is 3.07. The summed E-state index contributed by atoms with van der Waals surface area (Å²) in [4.78, 5) is 8.26. The minimum atomic E-state index is -0.490. The van der Waals surface area contributed by atoms with E-state index in [0.717, 1.165) is 5.56 Å². The molecule has 0 spiro atoms. The first kappa shape index (κ1) is 12.9. The van der Waals surface area contributed by atoms with Crippen LogP contribution in [0, 0.1) is 18.6 Å². The van der Waals surface area contributed by atoms with Gasteiger partial charge < -0.3 is 0 Å². The molecule has 0 aliphatic heterocycles. The molecular formula is C15H9ClF2N2. The van der Waals surface area contributed by atoms with E-state index in [1.807, 2.05) is 0 Å². The van der Waals surface area contributed by atoms with E-state index in [1.54, 1.807) is 31.2 Å². The minimum absolute atomic E-state index is 0.0190. The van der Waals surface area contributed by atoms with Gasteiger partial charge in [0.1, 0.15) is 16.8 Å². The van der Waals surface area contributed by atoms with Gasteiger partial charge in [-0.2, -0.15) is 0 Å². The van der Waals surface area contributed by atoms with E-state index < -0.39 is 11.6 Å². The maximum atomic E-state index is 13.8. The standard InChI is InChI=1S/C15H9ClF2N2/c1-8-6-7-11(18)12-13(8)19-15(20-14(12)16)9-4-2-3-5-10(9)17/h2-7H,1H3. The molecule has 0 bridgehead atoms. The van der Waals surface area contributed by atoms with Crippen LogP contribution in [0.5, 0.6) is 0 Å². The minimum Gasteiger partial charge on any atom is -0.227 e. The number of fused-ring (bicyclic) bond motifs is 1. The summed E-state index contributed by atoms with van der Waals surface area (Å²) in [6, 6.07) is 9.04. The number of aromatic nitrogens is 2. The molecule has 0 saturated carbocycles. The molecule has 20 heavy (non-hydrogen) atoms. The van der Waals surface area contributed by atoms with Gasteiger partial charge in [-0.05, 0) is 30.7 Å². The predicted molar refractivity (Wildman–Crippen MR) is 74.6 cm³/mol.